The Balaban J connectivity index is 1.64. The summed E-state index contributed by atoms with van der Waals surface area (Å²) in [6.07, 6.45) is 3.48. The number of halogens is 2. The third kappa shape index (κ3) is 5.26. The van der Waals surface area contributed by atoms with Gasteiger partial charge in [-0.1, -0.05) is 6.92 Å². The smallest absolute Gasteiger partial charge is 0.257 e. The van der Waals surface area contributed by atoms with E-state index in [9.17, 15) is 19.1 Å². The van der Waals surface area contributed by atoms with Crippen LogP contribution in [0, 0.1) is 11.3 Å². The van der Waals surface area contributed by atoms with E-state index in [0.29, 0.717) is 46.3 Å². The molecule has 0 bridgehead atoms. The van der Waals surface area contributed by atoms with Crippen molar-refractivity contribution < 1.29 is 13.9 Å². The first-order valence-electron chi connectivity index (χ1n) is 10.9. The number of nitriles is 1. The van der Waals surface area contributed by atoms with Gasteiger partial charge in [-0.2, -0.15) is 10.4 Å². The van der Waals surface area contributed by atoms with Crippen LogP contribution < -0.4 is 10.6 Å². The van der Waals surface area contributed by atoms with Crippen LogP contribution in [-0.4, -0.2) is 37.8 Å². The van der Waals surface area contributed by atoms with Gasteiger partial charge >= 0.3 is 0 Å². The van der Waals surface area contributed by atoms with Crippen LogP contribution in [0.25, 0.3) is 11.3 Å². The molecule has 1 aliphatic carbocycles. The zero-order chi connectivity index (χ0) is 23.4. The van der Waals surface area contributed by atoms with Crippen LogP contribution in [0.3, 0.4) is 0 Å². The Morgan fingerprint density at radius 1 is 1.33 bits per heavy atom. The lowest BCUT2D eigenvalue weighted by Gasteiger charge is -2.14. The first-order valence-corrected chi connectivity index (χ1v) is 10.9. The summed E-state index contributed by atoms with van der Waals surface area (Å²) in [5.41, 5.74) is 4.23. The Hall–Kier alpha value is -3.58. The molecule has 1 aliphatic rings. The minimum absolute atomic E-state index is 0.223. The predicted molar refractivity (Wildman–Crippen MR) is 120 cm³/mol. The molecule has 0 unspecified atom stereocenters. The van der Waals surface area contributed by atoms with E-state index in [-0.39, 0.29) is 12.5 Å². The number of hydrogen-bond acceptors (Lipinski definition) is 7. The summed E-state index contributed by atoms with van der Waals surface area (Å²) in [6.45, 7) is 2.01. The summed E-state index contributed by atoms with van der Waals surface area (Å²) in [5, 5.41) is 30.1. The standard InChI is InChI=1S/C23H25F2N7O/c1-2-6-27-21-16(10-26)8-15(9-17(21)13-33)18-5-7-28-23(29-18)30-19-11-32(12-20(24)25)31-22(19)14-3-4-14/h5,7-9,11,14,20,27,33H,2-4,6,12-13H2,1H3,(H,28,29,30). The van der Waals surface area contributed by atoms with Gasteiger partial charge in [-0.15, -0.1) is 0 Å². The SMILES string of the molecule is CCCNc1c(C#N)cc(-c2ccnc(Nc3cn(CC(F)F)nc3C3CC3)n2)cc1CO. The van der Waals surface area contributed by atoms with Crippen molar-refractivity contribution in [1.82, 2.24) is 19.7 Å². The van der Waals surface area contributed by atoms with Crippen molar-refractivity contribution in [3.05, 3.63) is 47.4 Å². The summed E-state index contributed by atoms with van der Waals surface area (Å²) in [7, 11) is 0. The van der Waals surface area contributed by atoms with Gasteiger partial charge in [0.05, 0.1) is 34.9 Å². The molecule has 1 aromatic carbocycles. The Kier molecular flexibility index (Phi) is 6.79. The molecule has 1 fully saturated rings. The second-order valence-corrected chi connectivity index (χ2v) is 7.96. The highest BCUT2D eigenvalue weighted by atomic mass is 19.3. The number of aromatic nitrogens is 4. The molecule has 0 aliphatic heterocycles. The minimum Gasteiger partial charge on any atom is -0.392 e. The van der Waals surface area contributed by atoms with Crippen molar-refractivity contribution in [3.63, 3.8) is 0 Å². The molecule has 4 rings (SSSR count). The maximum absolute atomic E-state index is 12.8. The Labute approximate surface area is 190 Å². The zero-order valence-corrected chi connectivity index (χ0v) is 18.2. The number of rotatable bonds is 10. The topological polar surface area (TPSA) is 112 Å². The highest BCUT2D eigenvalue weighted by molar-refractivity contribution is 5.73. The third-order valence-electron chi connectivity index (χ3n) is 5.34. The second kappa shape index (κ2) is 9.92. The van der Waals surface area contributed by atoms with Gasteiger partial charge < -0.3 is 15.7 Å². The van der Waals surface area contributed by atoms with Crippen LogP contribution in [0.1, 0.15) is 48.9 Å². The molecule has 0 atom stereocenters. The molecule has 33 heavy (non-hydrogen) atoms. The second-order valence-electron chi connectivity index (χ2n) is 7.96. The number of nitrogens with zero attached hydrogens (tertiary/aromatic N) is 5. The summed E-state index contributed by atoms with van der Waals surface area (Å²) in [4.78, 5) is 8.81. The van der Waals surface area contributed by atoms with E-state index in [1.165, 1.54) is 4.68 Å². The number of aliphatic hydroxyl groups excluding tert-OH is 1. The molecule has 172 valence electrons. The fraction of sp³-hybridized carbons (Fsp3) is 0.391. The predicted octanol–water partition coefficient (Wildman–Crippen LogP) is 4.41. The van der Waals surface area contributed by atoms with Gasteiger partial charge in [-0.3, -0.25) is 4.68 Å². The van der Waals surface area contributed by atoms with E-state index >= 15 is 0 Å². The van der Waals surface area contributed by atoms with Gasteiger partial charge in [0, 0.05) is 36.0 Å². The van der Waals surface area contributed by atoms with Gasteiger partial charge in [-0.05, 0) is 37.5 Å². The molecular formula is C23H25F2N7O. The molecule has 0 amide bonds. The van der Waals surface area contributed by atoms with Crippen LogP contribution in [-0.2, 0) is 13.2 Å². The maximum Gasteiger partial charge on any atom is 0.257 e. The molecule has 1 saturated carbocycles. The van der Waals surface area contributed by atoms with E-state index < -0.39 is 13.0 Å². The maximum atomic E-state index is 12.8. The summed E-state index contributed by atoms with van der Waals surface area (Å²) in [5.74, 6) is 0.548. The van der Waals surface area contributed by atoms with Gasteiger partial charge in [0.25, 0.3) is 6.43 Å². The number of benzene rings is 1. The van der Waals surface area contributed by atoms with Crippen molar-refractivity contribution >= 4 is 17.3 Å². The molecular weight excluding hydrogens is 428 g/mol. The van der Waals surface area contributed by atoms with E-state index in [0.717, 1.165) is 25.0 Å². The Morgan fingerprint density at radius 3 is 2.82 bits per heavy atom. The number of hydrogen-bond donors (Lipinski definition) is 3. The molecule has 3 aromatic rings. The van der Waals surface area contributed by atoms with E-state index in [2.05, 4.69) is 31.8 Å². The molecule has 2 aromatic heterocycles. The lowest BCUT2D eigenvalue weighted by molar-refractivity contribution is 0.121. The number of aliphatic hydroxyl groups is 1. The van der Waals surface area contributed by atoms with Crippen LogP contribution in [0.4, 0.5) is 26.1 Å². The van der Waals surface area contributed by atoms with Gasteiger partial charge in [0.15, 0.2) is 0 Å². The quantitative estimate of drug-likeness (QED) is 0.417. The monoisotopic (exact) mass is 453 g/mol. The number of nitrogens with one attached hydrogen (secondary N) is 2. The number of alkyl halides is 2. The first-order chi connectivity index (χ1) is 16.0. The highest BCUT2D eigenvalue weighted by Gasteiger charge is 2.30. The fourth-order valence-corrected chi connectivity index (χ4v) is 3.65. The average molecular weight is 453 g/mol. The van der Waals surface area contributed by atoms with Crippen LogP contribution in [0.5, 0.6) is 0 Å². The normalized spacial score (nSPS) is 13.2. The van der Waals surface area contributed by atoms with Crippen molar-refractivity contribution in [2.75, 3.05) is 17.2 Å². The Morgan fingerprint density at radius 2 is 2.15 bits per heavy atom. The van der Waals surface area contributed by atoms with Crippen molar-refractivity contribution in [3.8, 4) is 17.3 Å². The van der Waals surface area contributed by atoms with E-state index in [4.69, 9.17) is 0 Å². The van der Waals surface area contributed by atoms with Gasteiger partial charge in [-0.25, -0.2) is 18.7 Å². The zero-order valence-electron chi connectivity index (χ0n) is 18.2. The third-order valence-corrected chi connectivity index (χ3v) is 5.34. The lowest BCUT2D eigenvalue weighted by Crippen LogP contribution is -2.07. The molecule has 8 nitrogen and oxygen atoms in total. The highest BCUT2D eigenvalue weighted by Crippen LogP contribution is 2.43. The molecule has 2 heterocycles. The molecule has 0 spiro atoms. The summed E-state index contributed by atoms with van der Waals surface area (Å²) >= 11 is 0. The lowest BCUT2D eigenvalue weighted by atomic mass is 10.0. The van der Waals surface area contributed by atoms with E-state index in [1.54, 1.807) is 30.6 Å². The van der Waals surface area contributed by atoms with Crippen molar-refractivity contribution in [2.45, 2.75) is 51.7 Å². The van der Waals surface area contributed by atoms with Crippen LogP contribution in [0.15, 0.2) is 30.6 Å². The largest absolute Gasteiger partial charge is 0.392 e. The van der Waals surface area contributed by atoms with Gasteiger partial charge in [0.2, 0.25) is 5.95 Å². The van der Waals surface area contributed by atoms with Gasteiger partial charge in [0.1, 0.15) is 12.6 Å². The average Bonchev–Trinajstić information content (AvgIpc) is 3.58. The van der Waals surface area contributed by atoms with E-state index in [1.807, 2.05) is 6.92 Å². The minimum atomic E-state index is -2.49. The molecule has 10 heteroatoms. The molecule has 0 radical (unpaired) electrons. The fourth-order valence-electron chi connectivity index (χ4n) is 3.65. The summed E-state index contributed by atoms with van der Waals surface area (Å²) in [6, 6.07) is 7.41. The van der Waals surface area contributed by atoms with Crippen LogP contribution >= 0.6 is 0 Å². The van der Waals surface area contributed by atoms with Crippen LogP contribution in [0.2, 0.25) is 0 Å². The number of anilines is 3. The molecule has 0 saturated heterocycles. The Bertz CT molecular complexity index is 1170. The van der Waals surface area contributed by atoms with Crippen molar-refractivity contribution in [1.29, 1.82) is 5.26 Å². The summed E-state index contributed by atoms with van der Waals surface area (Å²) < 4.78 is 26.9. The molecule has 3 N–H and O–H groups in total. The first kappa shape index (κ1) is 22.6. The van der Waals surface area contributed by atoms with Crippen molar-refractivity contribution in [2.24, 2.45) is 0 Å².